The summed E-state index contributed by atoms with van der Waals surface area (Å²) in [6.07, 6.45) is 0.625. The molecule has 0 saturated heterocycles. The van der Waals surface area contributed by atoms with Crippen LogP contribution in [0.2, 0.25) is 0 Å². The Balaban J connectivity index is 1.58. The summed E-state index contributed by atoms with van der Waals surface area (Å²) in [5.74, 6) is -1.00. The quantitative estimate of drug-likeness (QED) is 0.781. The molecule has 0 fully saturated rings. The third kappa shape index (κ3) is 3.37. The Morgan fingerprint density at radius 2 is 2.04 bits per heavy atom. The highest BCUT2D eigenvalue weighted by atomic mass is 19.1. The highest BCUT2D eigenvalue weighted by Gasteiger charge is 2.08. The average molecular weight is 328 g/mol. The monoisotopic (exact) mass is 328 g/mol. The van der Waals surface area contributed by atoms with E-state index >= 15 is 0 Å². The van der Waals surface area contributed by atoms with Crippen molar-refractivity contribution in [1.82, 2.24) is 9.88 Å². The number of hydrogen-bond acceptors (Lipinski definition) is 3. The molecule has 0 unspecified atom stereocenters. The Morgan fingerprint density at radius 1 is 1.25 bits per heavy atom. The van der Waals surface area contributed by atoms with Crippen LogP contribution in [0.1, 0.15) is 11.1 Å². The second-order valence-electron chi connectivity index (χ2n) is 5.60. The summed E-state index contributed by atoms with van der Waals surface area (Å²) in [5, 5.41) is 2.78. The molecule has 1 amide bonds. The minimum Gasteiger partial charge on any atom is -0.408 e. The number of oxazole rings is 1. The van der Waals surface area contributed by atoms with E-state index in [9.17, 15) is 14.0 Å². The molecular formula is C18H17FN2O3. The molecule has 6 heteroatoms. The van der Waals surface area contributed by atoms with Crippen LogP contribution in [0.4, 0.5) is 4.39 Å². The summed E-state index contributed by atoms with van der Waals surface area (Å²) >= 11 is 0. The molecule has 0 atom stereocenters. The van der Waals surface area contributed by atoms with Gasteiger partial charge in [-0.15, -0.1) is 0 Å². The second kappa shape index (κ2) is 6.70. The van der Waals surface area contributed by atoms with Gasteiger partial charge in [-0.3, -0.25) is 9.36 Å². The standard InChI is InChI=1S/C18H17FN2O3/c1-21-15-10-12(6-7-16(15)24-18(21)23)8-9-20-17(22)11-13-4-2-3-5-14(13)19/h2-7,10H,8-9,11H2,1H3,(H,20,22). The molecule has 0 aliphatic carbocycles. The van der Waals surface area contributed by atoms with Gasteiger partial charge in [0.25, 0.3) is 0 Å². The smallest absolute Gasteiger partial charge is 0.408 e. The molecule has 24 heavy (non-hydrogen) atoms. The van der Waals surface area contributed by atoms with Crippen LogP contribution in [0.5, 0.6) is 0 Å². The lowest BCUT2D eigenvalue weighted by atomic mass is 10.1. The Bertz CT molecular complexity index is 943. The fraction of sp³-hybridized carbons (Fsp3) is 0.222. The summed E-state index contributed by atoms with van der Waals surface area (Å²) in [4.78, 5) is 23.3. The van der Waals surface area contributed by atoms with Gasteiger partial charge in [-0.25, -0.2) is 9.18 Å². The number of benzene rings is 2. The van der Waals surface area contributed by atoms with Gasteiger partial charge in [-0.05, 0) is 35.7 Å². The first-order valence-corrected chi connectivity index (χ1v) is 7.63. The molecule has 3 aromatic rings. The molecule has 5 nitrogen and oxygen atoms in total. The predicted molar refractivity (Wildman–Crippen MR) is 88.3 cm³/mol. The molecule has 0 aliphatic rings. The molecule has 1 aromatic heterocycles. The molecule has 0 aliphatic heterocycles. The van der Waals surface area contributed by atoms with Gasteiger partial charge in [0.2, 0.25) is 5.91 Å². The number of nitrogens with one attached hydrogen (secondary N) is 1. The highest BCUT2D eigenvalue weighted by Crippen LogP contribution is 2.14. The van der Waals surface area contributed by atoms with E-state index in [0.717, 1.165) is 11.1 Å². The van der Waals surface area contributed by atoms with Crippen LogP contribution in [0.15, 0.2) is 51.7 Å². The first-order valence-electron chi connectivity index (χ1n) is 7.63. The number of amides is 1. The number of carbonyl (C=O) groups is 1. The second-order valence-corrected chi connectivity index (χ2v) is 5.60. The van der Waals surface area contributed by atoms with Crippen molar-refractivity contribution in [2.45, 2.75) is 12.8 Å². The van der Waals surface area contributed by atoms with Crippen molar-refractivity contribution in [2.75, 3.05) is 6.54 Å². The summed E-state index contributed by atoms with van der Waals surface area (Å²) < 4.78 is 20.0. The van der Waals surface area contributed by atoms with E-state index in [1.807, 2.05) is 12.1 Å². The zero-order chi connectivity index (χ0) is 17.1. The van der Waals surface area contributed by atoms with Crippen molar-refractivity contribution in [3.05, 3.63) is 70.0 Å². The maximum absolute atomic E-state index is 13.5. The van der Waals surface area contributed by atoms with Crippen molar-refractivity contribution in [3.8, 4) is 0 Å². The van der Waals surface area contributed by atoms with Crippen LogP contribution in [-0.4, -0.2) is 17.0 Å². The zero-order valence-electron chi connectivity index (χ0n) is 13.2. The Morgan fingerprint density at radius 3 is 2.83 bits per heavy atom. The molecule has 3 rings (SSSR count). The van der Waals surface area contributed by atoms with Gasteiger partial charge in [-0.2, -0.15) is 0 Å². The van der Waals surface area contributed by atoms with Crippen LogP contribution in [-0.2, 0) is 24.7 Å². The number of fused-ring (bicyclic) bond motifs is 1. The number of carbonyl (C=O) groups excluding carboxylic acids is 1. The first-order chi connectivity index (χ1) is 11.5. The summed E-state index contributed by atoms with van der Waals surface area (Å²) in [7, 11) is 1.65. The van der Waals surface area contributed by atoms with E-state index in [-0.39, 0.29) is 18.1 Å². The minimum absolute atomic E-state index is 0.0158. The molecule has 124 valence electrons. The highest BCUT2D eigenvalue weighted by molar-refractivity contribution is 5.78. The van der Waals surface area contributed by atoms with E-state index in [0.29, 0.717) is 24.1 Å². The van der Waals surface area contributed by atoms with Gasteiger partial charge in [0.15, 0.2) is 5.58 Å². The first kappa shape index (κ1) is 16.0. The molecule has 0 radical (unpaired) electrons. The topological polar surface area (TPSA) is 64.2 Å². The molecule has 0 spiro atoms. The Hall–Kier alpha value is -2.89. The molecule has 0 bridgehead atoms. The van der Waals surface area contributed by atoms with Gasteiger partial charge in [-0.1, -0.05) is 24.3 Å². The SMILES string of the molecule is Cn1c(=O)oc2ccc(CCNC(=O)Cc3ccccc3F)cc21. The molecular weight excluding hydrogens is 311 g/mol. The van der Waals surface area contributed by atoms with E-state index in [4.69, 9.17) is 4.42 Å². The van der Waals surface area contributed by atoms with Crippen LogP contribution in [0.3, 0.4) is 0 Å². The van der Waals surface area contributed by atoms with Gasteiger partial charge in [0, 0.05) is 13.6 Å². The Labute approximate surface area is 137 Å². The minimum atomic E-state index is -0.402. The van der Waals surface area contributed by atoms with Crippen molar-refractivity contribution < 1.29 is 13.6 Å². The number of halogens is 1. The average Bonchev–Trinajstić information content (AvgIpc) is 2.84. The van der Waals surface area contributed by atoms with Crippen molar-refractivity contribution in [2.24, 2.45) is 7.05 Å². The van der Waals surface area contributed by atoms with Crippen LogP contribution in [0, 0.1) is 5.82 Å². The fourth-order valence-corrected chi connectivity index (χ4v) is 2.55. The fourth-order valence-electron chi connectivity index (χ4n) is 2.55. The number of aromatic nitrogens is 1. The summed E-state index contributed by atoms with van der Waals surface area (Å²) in [5.41, 5.74) is 2.61. The summed E-state index contributed by atoms with van der Waals surface area (Å²) in [6.45, 7) is 0.435. The maximum Gasteiger partial charge on any atom is 0.419 e. The number of rotatable bonds is 5. The lowest BCUT2D eigenvalue weighted by Gasteiger charge is -2.06. The van der Waals surface area contributed by atoms with Gasteiger partial charge in [0.1, 0.15) is 5.82 Å². The molecule has 2 aromatic carbocycles. The predicted octanol–water partition coefficient (Wildman–Crippen LogP) is 2.17. The van der Waals surface area contributed by atoms with E-state index in [1.54, 1.807) is 31.3 Å². The molecule has 1 N–H and O–H groups in total. The molecule has 0 saturated carbocycles. The maximum atomic E-state index is 13.5. The van der Waals surface area contributed by atoms with Crippen molar-refractivity contribution in [3.63, 3.8) is 0 Å². The lowest BCUT2D eigenvalue weighted by molar-refractivity contribution is -0.120. The van der Waals surface area contributed by atoms with Gasteiger partial charge in [0.05, 0.1) is 11.9 Å². The van der Waals surface area contributed by atoms with Crippen LogP contribution >= 0.6 is 0 Å². The van der Waals surface area contributed by atoms with Crippen LogP contribution < -0.4 is 11.1 Å². The third-order valence-electron chi connectivity index (χ3n) is 3.90. The number of aryl methyl sites for hydroxylation is 1. The van der Waals surface area contributed by atoms with E-state index < -0.39 is 5.76 Å². The van der Waals surface area contributed by atoms with Crippen molar-refractivity contribution >= 4 is 17.0 Å². The normalized spacial score (nSPS) is 10.9. The van der Waals surface area contributed by atoms with Gasteiger partial charge < -0.3 is 9.73 Å². The van der Waals surface area contributed by atoms with Gasteiger partial charge >= 0.3 is 5.76 Å². The molecule has 1 heterocycles. The third-order valence-corrected chi connectivity index (χ3v) is 3.90. The van der Waals surface area contributed by atoms with Crippen molar-refractivity contribution in [1.29, 1.82) is 0 Å². The zero-order valence-corrected chi connectivity index (χ0v) is 13.2. The summed E-state index contributed by atoms with van der Waals surface area (Å²) in [6, 6.07) is 11.7. The largest absolute Gasteiger partial charge is 0.419 e. The van der Waals surface area contributed by atoms with Crippen LogP contribution in [0.25, 0.3) is 11.1 Å². The Kier molecular flexibility index (Phi) is 4.46. The number of hydrogen-bond donors (Lipinski definition) is 1. The number of nitrogens with zero attached hydrogens (tertiary/aromatic N) is 1. The van der Waals surface area contributed by atoms with E-state index in [1.165, 1.54) is 10.6 Å². The van der Waals surface area contributed by atoms with E-state index in [2.05, 4.69) is 5.32 Å². The lowest BCUT2D eigenvalue weighted by Crippen LogP contribution is -2.27.